The molecule has 0 aliphatic carbocycles. The number of para-hydroxylation sites is 3. The molecule has 0 saturated heterocycles. The Morgan fingerprint density at radius 2 is 1.38 bits per heavy atom. The normalized spacial score (nSPS) is 12.9. The second-order valence-electron chi connectivity index (χ2n) is 10.6. The molecule has 5 aromatic heterocycles. The number of benzene rings is 3. The third-order valence-electron chi connectivity index (χ3n) is 8.36. The number of fused-ring (bicyclic) bond motifs is 7. The maximum atomic E-state index is 5.35. The number of hydrogen-bond donors (Lipinski definition) is 0. The second-order valence-corrected chi connectivity index (χ2v) is 10.6. The van der Waals surface area contributed by atoms with Crippen molar-refractivity contribution in [2.45, 2.75) is 6.42 Å². The molecule has 204 valence electrons. The summed E-state index contributed by atoms with van der Waals surface area (Å²) in [4.78, 5) is 12.9. The van der Waals surface area contributed by atoms with Crippen LogP contribution < -0.4 is 4.90 Å². The van der Waals surface area contributed by atoms with E-state index >= 15 is 0 Å². The van der Waals surface area contributed by atoms with E-state index in [4.69, 9.17) is 9.97 Å². The molecule has 6 nitrogen and oxygen atoms in total. The molecule has 1 aliphatic heterocycles. The van der Waals surface area contributed by atoms with E-state index in [1.807, 2.05) is 24.4 Å². The van der Waals surface area contributed by atoms with Crippen LogP contribution in [-0.2, 0) is 34.5 Å². The van der Waals surface area contributed by atoms with Crippen LogP contribution in [0.3, 0.4) is 0 Å². The van der Waals surface area contributed by atoms with E-state index in [1.165, 1.54) is 16.3 Å². The standard InChI is InChI=1S/C35H24N6.Pt/c1-38-21-8-15-33(38)39-22-20-23-16-18-32(36-34(23)39)41-30-14-7-4-11-26(30)27-17-19-31(37-35(27)41)40-28-12-5-2-9-24(28)25-10-3-6-13-29(25)40;/h2-12,14,16-19,21H,20,22H2,1H3;/q-2;+2. The van der Waals surface area contributed by atoms with Crippen LogP contribution in [0.5, 0.6) is 0 Å². The molecule has 7 heteroatoms. The van der Waals surface area contributed by atoms with Gasteiger partial charge in [-0.2, -0.15) is 24.3 Å². The quantitative estimate of drug-likeness (QED) is 0.180. The van der Waals surface area contributed by atoms with Gasteiger partial charge in [0.1, 0.15) is 23.1 Å². The van der Waals surface area contributed by atoms with Crippen molar-refractivity contribution in [3.8, 4) is 11.6 Å². The van der Waals surface area contributed by atoms with Crippen molar-refractivity contribution in [2.75, 3.05) is 11.4 Å². The van der Waals surface area contributed by atoms with E-state index in [2.05, 4.69) is 117 Å². The average molecular weight is 724 g/mol. The van der Waals surface area contributed by atoms with Gasteiger partial charge in [0.2, 0.25) is 0 Å². The van der Waals surface area contributed by atoms with E-state index in [0.717, 1.165) is 69.2 Å². The van der Waals surface area contributed by atoms with Crippen molar-refractivity contribution < 1.29 is 21.1 Å². The van der Waals surface area contributed by atoms with Crippen molar-refractivity contribution in [1.29, 1.82) is 0 Å². The SMILES string of the molecule is Cn1cc[c-]c1N1CCc2ccc(-n3c4ccccc4c4ccc(-n5c6[c-]cccc6c6ccccc65)nc43)nc21.[Pt+2]. The van der Waals surface area contributed by atoms with E-state index < -0.39 is 0 Å². The predicted octanol–water partition coefficient (Wildman–Crippen LogP) is 7.30. The van der Waals surface area contributed by atoms with Gasteiger partial charge in [0.15, 0.2) is 0 Å². The monoisotopic (exact) mass is 723 g/mol. The number of anilines is 2. The van der Waals surface area contributed by atoms with E-state index in [0.29, 0.717) is 0 Å². The molecule has 0 radical (unpaired) electrons. The summed E-state index contributed by atoms with van der Waals surface area (Å²) in [6.07, 6.45) is 2.99. The molecule has 0 spiro atoms. The molecular formula is C35H24N6Pt. The van der Waals surface area contributed by atoms with Crippen LogP contribution in [0.15, 0.2) is 103 Å². The maximum Gasteiger partial charge on any atom is 2.00 e. The minimum Gasteiger partial charge on any atom is -0.432 e. The van der Waals surface area contributed by atoms with Gasteiger partial charge in [-0.15, -0.1) is 11.6 Å². The fourth-order valence-electron chi connectivity index (χ4n) is 6.50. The zero-order chi connectivity index (χ0) is 27.1. The minimum absolute atomic E-state index is 0. The van der Waals surface area contributed by atoms with Crippen LogP contribution in [0.1, 0.15) is 5.56 Å². The summed E-state index contributed by atoms with van der Waals surface area (Å²) < 4.78 is 6.52. The molecule has 0 saturated carbocycles. The van der Waals surface area contributed by atoms with E-state index in [1.54, 1.807) is 0 Å². The summed E-state index contributed by atoms with van der Waals surface area (Å²) in [5.74, 6) is 3.73. The molecule has 3 aromatic carbocycles. The Labute approximate surface area is 256 Å². The Balaban J connectivity index is 0.00000267. The van der Waals surface area contributed by atoms with Crippen LogP contribution in [0.25, 0.3) is 55.4 Å². The zero-order valence-electron chi connectivity index (χ0n) is 22.7. The number of pyridine rings is 2. The first-order valence-corrected chi connectivity index (χ1v) is 13.9. The molecule has 0 N–H and O–H groups in total. The molecule has 0 unspecified atom stereocenters. The van der Waals surface area contributed by atoms with E-state index in [9.17, 15) is 0 Å². The Morgan fingerprint density at radius 1 is 0.667 bits per heavy atom. The summed E-state index contributed by atoms with van der Waals surface area (Å²) in [5.41, 5.74) is 5.35. The fraction of sp³-hybridized carbons (Fsp3) is 0.0857. The van der Waals surface area contributed by atoms with Gasteiger partial charge in [-0.25, -0.2) is 22.1 Å². The van der Waals surface area contributed by atoms with Crippen LogP contribution in [0.2, 0.25) is 0 Å². The van der Waals surface area contributed by atoms with Gasteiger partial charge in [-0.05, 0) is 54.8 Å². The number of hydrogen-bond acceptors (Lipinski definition) is 3. The molecule has 1 aliphatic rings. The molecule has 0 atom stereocenters. The third-order valence-corrected chi connectivity index (χ3v) is 8.36. The topological polar surface area (TPSA) is 43.8 Å². The van der Waals surface area contributed by atoms with Gasteiger partial charge >= 0.3 is 21.1 Å². The fourth-order valence-corrected chi connectivity index (χ4v) is 6.50. The molecule has 0 amide bonds. The molecular weight excluding hydrogens is 700 g/mol. The number of aryl methyl sites for hydroxylation is 1. The Hall–Kier alpha value is -4.67. The minimum atomic E-state index is 0. The largest absolute Gasteiger partial charge is 2.00 e. The average Bonchev–Trinajstić information content (AvgIpc) is 3.78. The molecule has 42 heavy (non-hydrogen) atoms. The number of nitrogens with zero attached hydrogens (tertiary/aromatic N) is 6. The molecule has 0 bridgehead atoms. The van der Waals surface area contributed by atoms with Crippen molar-refractivity contribution in [3.05, 3.63) is 121 Å². The first-order chi connectivity index (χ1) is 20.3. The Morgan fingerprint density at radius 3 is 2.19 bits per heavy atom. The van der Waals surface area contributed by atoms with Crippen molar-refractivity contribution in [1.82, 2.24) is 23.7 Å². The summed E-state index contributed by atoms with van der Waals surface area (Å²) in [6.45, 7) is 0.889. The summed E-state index contributed by atoms with van der Waals surface area (Å²) >= 11 is 0. The van der Waals surface area contributed by atoms with Crippen LogP contribution in [-0.4, -0.2) is 30.2 Å². The molecule has 8 aromatic rings. The summed E-state index contributed by atoms with van der Waals surface area (Å²) in [7, 11) is 2.05. The molecule has 0 fully saturated rings. The van der Waals surface area contributed by atoms with Gasteiger partial charge in [0.05, 0.1) is 5.52 Å². The van der Waals surface area contributed by atoms with Gasteiger partial charge in [-0.1, -0.05) is 48.0 Å². The zero-order valence-corrected chi connectivity index (χ0v) is 25.0. The van der Waals surface area contributed by atoms with Gasteiger partial charge in [0.25, 0.3) is 0 Å². The number of aromatic nitrogens is 5. The van der Waals surface area contributed by atoms with Gasteiger partial charge in [0, 0.05) is 28.7 Å². The predicted molar refractivity (Wildman–Crippen MR) is 165 cm³/mol. The van der Waals surface area contributed by atoms with Crippen molar-refractivity contribution >= 4 is 55.4 Å². The van der Waals surface area contributed by atoms with Crippen LogP contribution in [0.4, 0.5) is 11.6 Å². The van der Waals surface area contributed by atoms with Gasteiger partial charge in [-0.3, -0.25) is 4.57 Å². The summed E-state index contributed by atoms with van der Waals surface area (Å²) in [6, 6.07) is 40.6. The summed E-state index contributed by atoms with van der Waals surface area (Å²) in [5, 5.41) is 4.62. The van der Waals surface area contributed by atoms with Crippen molar-refractivity contribution in [3.63, 3.8) is 0 Å². The molecule has 9 rings (SSSR count). The number of rotatable bonds is 3. The maximum absolute atomic E-state index is 5.35. The van der Waals surface area contributed by atoms with Crippen LogP contribution >= 0.6 is 0 Å². The first-order valence-electron chi connectivity index (χ1n) is 13.9. The van der Waals surface area contributed by atoms with Gasteiger partial charge < -0.3 is 14.0 Å². The van der Waals surface area contributed by atoms with Crippen molar-refractivity contribution in [2.24, 2.45) is 7.05 Å². The third kappa shape index (κ3) is 3.48. The smallest absolute Gasteiger partial charge is 0.432 e. The first kappa shape index (κ1) is 25.1. The van der Waals surface area contributed by atoms with Crippen LogP contribution in [0, 0.1) is 12.1 Å². The Kier molecular flexibility index (Phi) is 5.63. The Bertz CT molecular complexity index is 2250. The molecule has 6 heterocycles. The second kappa shape index (κ2) is 9.43. The van der Waals surface area contributed by atoms with E-state index in [-0.39, 0.29) is 21.1 Å².